The fraction of sp³-hybridized carbons (Fsp3) is 0.250. The van der Waals surface area contributed by atoms with Gasteiger partial charge in [-0.05, 0) is 48.2 Å². The Morgan fingerprint density at radius 1 is 1.46 bits per heavy atom. The number of methoxy groups -OCH3 is 1. The SMILES string of the molecule is COC(=O)/C=C1/S/C(=N\N=Cc2cc(C3CC3)ccc2O)NC1=O. The average molecular weight is 345 g/mol. The smallest absolute Gasteiger partial charge is 0.331 e. The molecule has 7 nitrogen and oxygen atoms in total. The monoisotopic (exact) mass is 345 g/mol. The molecule has 124 valence electrons. The van der Waals surface area contributed by atoms with E-state index < -0.39 is 11.9 Å². The zero-order chi connectivity index (χ0) is 17.1. The van der Waals surface area contributed by atoms with E-state index in [1.807, 2.05) is 12.1 Å². The van der Waals surface area contributed by atoms with Crippen LogP contribution >= 0.6 is 11.8 Å². The third-order valence-electron chi connectivity index (χ3n) is 3.55. The number of amides is 1. The molecule has 0 bridgehead atoms. The topological polar surface area (TPSA) is 100 Å². The molecule has 1 heterocycles. The van der Waals surface area contributed by atoms with Gasteiger partial charge in [-0.3, -0.25) is 10.1 Å². The van der Waals surface area contributed by atoms with Gasteiger partial charge in [-0.15, -0.1) is 5.10 Å². The molecule has 1 aliphatic heterocycles. The summed E-state index contributed by atoms with van der Waals surface area (Å²) in [6, 6.07) is 5.44. The molecule has 1 saturated heterocycles. The lowest BCUT2D eigenvalue weighted by Crippen LogP contribution is -2.19. The first kappa shape index (κ1) is 16.3. The van der Waals surface area contributed by atoms with E-state index >= 15 is 0 Å². The molecule has 0 radical (unpaired) electrons. The van der Waals surface area contributed by atoms with E-state index in [0.29, 0.717) is 11.5 Å². The number of ether oxygens (including phenoxy) is 1. The molecule has 2 fully saturated rings. The maximum Gasteiger partial charge on any atom is 0.331 e. The number of carbonyl (C=O) groups is 2. The van der Waals surface area contributed by atoms with E-state index in [2.05, 4.69) is 20.3 Å². The van der Waals surface area contributed by atoms with Crippen LogP contribution in [0, 0.1) is 0 Å². The van der Waals surface area contributed by atoms with Crippen molar-refractivity contribution < 1.29 is 19.4 Å². The highest BCUT2D eigenvalue weighted by molar-refractivity contribution is 8.18. The minimum Gasteiger partial charge on any atom is -0.507 e. The first-order chi connectivity index (χ1) is 11.6. The minimum absolute atomic E-state index is 0.123. The highest BCUT2D eigenvalue weighted by atomic mass is 32.2. The van der Waals surface area contributed by atoms with Crippen LogP contribution in [0.4, 0.5) is 0 Å². The van der Waals surface area contributed by atoms with Crippen molar-refractivity contribution in [3.63, 3.8) is 0 Å². The number of phenolic OH excluding ortho intramolecular Hbond substituents is 1. The largest absolute Gasteiger partial charge is 0.507 e. The van der Waals surface area contributed by atoms with Crippen LogP contribution < -0.4 is 5.32 Å². The number of amidine groups is 1. The molecule has 2 N–H and O–H groups in total. The Morgan fingerprint density at radius 3 is 2.96 bits per heavy atom. The lowest BCUT2D eigenvalue weighted by molar-refractivity contribution is -0.135. The van der Waals surface area contributed by atoms with Crippen LogP contribution in [0.2, 0.25) is 0 Å². The van der Waals surface area contributed by atoms with Crippen LogP contribution in [0.5, 0.6) is 5.75 Å². The van der Waals surface area contributed by atoms with Crippen molar-refractivity contribution in [3.8, 4) is 5.75 Å². The molecule has 0 aromatic heterocycles. The normalized spacial score (nSPS) is 20.8. The van der Waals surface area contributed by atoms with Crippen molar-refractivity contribution in [2.75, 3.05) is 7.11 Å². The third-order valence-corrected chi connectivity index (χ3v) is 4.45. The van der Waals surface area contributed by atoms with Gasteiger partial charge in [-0.25, -0.2) is 4.79 Å². The van der Waals surface area contributed by atoms with Crippen LogP contribution in [0.25, 0.3) is 0 Å². The molecule has 1 aliphatic carbocycles. The molecule has 0 spiro atoms. The Morgan fingerprint density at radius 2 is 2.25 bits per heavy atom. The molecule has 3 rings (SSSR count). The number of hydrogen-bond acceptors (Lipinski definition) is 7. The number of carbonyl (C=O) groups excluding carboxylic acids is 2. The van der Waals surface area contributed by atoms with E-state index in [4.69, 9.17) is 0 Å². The molecule has 0 atom stereocenters. The van der Waals surface area contributed by atoms with Gasteiger partial charge in [0.2, 0.25) is 0 Å². The highest BCUT2D eigenvalue weighted by Gasteiger charge is 2.25. The van der Waals surface area contributed by atoms with Gasteiger partial charge < -0.3 is 9.84 Å². The molecule has 1 aromatic carbocycles. The predicted octanol–water partition coefficient (Wildman–Crippen LogP) is 1.88. The predicted molar refractivity (Wildman–Crippen MR) is 90.9 cm³/mol. The van der Waals surface area contributed by atoms with Gasteiger partial charge in [0.1, 0.15) is 5.75 Å². The first-order valence-corrected chi connectivity index (χ1v) is 8.11. The summed E-state index contributed by atoms with van der Waals surface area (Å²) in [6.07, 6.45) is 4.86. The zero-order valence-electron chi connectivity index (χ0n) is 12.9. The second-order valence-corrected chi connectivity index (χ2v) is 6.36. The molecular weight excluding hydrogens is 330 g/mol. The van der Waals surface area contributed by atoms with Gasteiger partial charge in [0, 0.05) is 11.6 Å². The van der Waals surface area contributed by atoms with Crippen molar-refractivity contribution >= 4 is 35.0 Å². The summed E-state index contributed by atoms with van der Waals surface area (Å²) < 4.78 is 4.48. The number of nitrogens with one attached hydrogen (secondary N) is 1. The van der Waals surface area contributed by atoms with Crippen LogP contribution in [-0.4, -0.2) is 35.5 Å². The molecule has 2 aliphatic rings. The maximum absolute atomic E-state index is 11.7. The van der Waals surface area contributed by atoms with Crippen molar-refractivity contribution in [1.82, 2.24) is 5.32 Å². The van der Waals surface area contributed by atoms with E-state index in [0.717, 1.165) is 17.8 Å². The van der Waals surface area contributed by atoms with Gasteiger partial charge >= 0.3 is 5.97 Å². The first-order valence-electron chi connectivity index (χ1n) is 7.29. The van der Waals surface area contributed by atoms with Crippen molar-refractivity contribution in [1.29, 1.82) is 0 Å². The van der Waals surface area contributed by atoms with Gasteiger partial charge in [0.15, 0.2) is 5.17 Å². The number of aromatic hydroxyl groups is 1. The zero-order valence-corrected chi connectivity index (χ0v) is 13.7. The van der Waals surface area contributed by atoms with Gasteiger partial charge in [-0.1, -0.05) is 6.07 Å². The van der Waals surface area contributed by atoms with E-state index in [-0.39, 0.29) is 15.8 Å². The number of thioether (sulfide) groups is 1. The number of esters is 1. The highest BCUT2D eigenvalue weighted by Crippen LogP contribution is 2.41. The van der Waals surface area contributed by atoms with E-state index in [1.165, 1.54) is 31.7 Å². The Labute approximate surface area is 142 Å². The number of hydrogen-bond donors (Lipinski definition) is 2. The van der Waals surface area contributed by atoms with Gasteiger partial charge in [0.25, 0.3) is 5.91 Å². The van der Waals surface area contributed by atoms with Crippen LogP contribution in [-0.2, 0) is 14.3 Å². The van der Waals surface area contributed by atoms with Gasteiger partial charge in [-0.2, -0.15) is 5.10 Å². The van der Waals surface area contributed by atoms with Crippen LogP contribution in [0.3, 0.4) is 0 Å². The molecule has 0 unspecified atom stereocenters. The fourth-order valence-corrected chi connectivity index (χ4v) is 2.87. The van der Waals surface area contributed by atoms with Crippen LogP contribution in [0.1, 0.15) is 29.9 Å². The van der Waals surface area contributed by atoms with Crippen molar-refractivity contribution in [3.05, 3.63) is 40.3 Å². The van der Waals surface area contributed by atoms with Crippen molar-refractivity contribution in [2.24, 2.45) is 10.2 Å². The summed E-state index contributed by atoms with van der Waals surface area (Å²) in [5, 5.41) is 20.4. The van der Waals surface area contributed by atoms with E-state index in [9.17, 15) is 14.7 Å². The Balaban J connectivity index is 1.71. The Bertz CT molecular complexity index is 782. The minimum atomic E-state index is -0.612. The molecule has 1 saturated carbocycles. The summed E-state index contributed by atoms with van der Waals surface area (Å²) in [4.78, 5) is 23.0. The second kappa shape index (κ2) is 6.88. The average Bonchev–Trinajstić information content (AvgIpc) is 3.35. The summed E-state index contributed by atoms with van der Waals surface area (Å²) >= 11 is 0.993. The molecule has 24 heavy (non-hydrogen) atoms. The molecule has 8 heteroatoms. The quantitative estimate of drug-likeness (QED) is 0.376. The number of phenols is 1. The van der Waals surface area contributed by atoms with Crippen LogP contribution in [0.15, 0.2) is 39.4 Å². The standard InChI is InChI=1S/C16H15N3O4S/c1-23-14(21)7-13-15(22)18-16(24-13)19-17-8-11-6-10(9-2-3-9)4-5-12(11)20/h4-9,20H,2-3H2,1H3,(H,18,19,22)/b13-7+,17-8?. The Kier molecular flexibility index (Phi) is 4.66. The molecule has 1 aromatic rings. The fourth-order valence-electron chi connectivity index (χ4n) is 2.13. The number of rotatable bonds is 4. The van der Waals surface area contributed by atoms with E-state index in [1.54, 1.807) is 6.07 Å². The molecular formula is C16H15N3O4S. The number of benzene rings is 1. The number of nitrogens with zero attached hydrogens (tertiary/aromatic N) is 2. The maximum atomic E-state index is 11.7. The van der Waals surface area contributed by atoms with Gasteiger partial charge in [0.05, 0.1) is 18.2 Å². The summed E-state index contributed by atoms with van der Waals surface area (Å²) in [5.74, 6) is -0.352. The third kappa shape index (κ3) is 3.83. The van der Waals surface area contributed by atoms with Crippen molar-refractivity contribution in [2.45, 2.75) is 18.8 Å². The molecule has 1 amide bonds. The Hall–Kier alpha value is -2.61. The summed E-state index contributed by atoms with van der Waals surface area (Å²) in [6.45, 7) is 0. The second-order valence-electron chi connectivity index (χ2n) is 5.33. The lowest BCUT2D eigenvalue weighted by atomic mass is 10.1. The summed E-state index contributed by atoms with van der Waals surface area (Å²) in [7, 11) is 1.23. The lowest BCUT2D eigenvalue weighted by Gasteiger charge is -2.02. The summed E-state index contributed by atoms with van der Waals surface area (Å²) in [5.41, 5.74) is 1.75.